The van der Waals surface area contributed by atoms with E-state index in [0.29, 0.717) is 29.6 Å². The zero-order chi connectivity index (χ0) is 24.2. The van der Waals surface area contributed by atoms with Gasteiger partial charge in [-0.1, -0.05) is 40.5 Å². The van der Waals surface area contributed by atoms with Crippen molar-refractivity contribution in [1.82, 2.24) is 0 Å². The minimum atomic E-state index is -0.601. The highest BCUT2D eigenvalue weighted by atomic mass is 16.5. The fraction of sp³-hybridized carbons (Fsp3) is 0.966. The fourth-order valence-corrected chi connectivity index (χ4v) is 9.65. The molecular formula is C29H50O4. The van der Waals surface area contributed by atoms with Crippen molar-refractivity contribution in [2.45, 2.75) is 130 Å². The van der Waals surface area contributed by atoms with Gasteiger partial charge < -0.3 is 14.9 Å². The van der Waals surface area contributed by atoms with Crippen molar-refractivity contribution in [2.75, 3.05) is 0 Å². The van der Waals surface area contributed by atoms with Gasteiger partial charge in [-0.15, -0.1) is 0 Å². The lowest BCUT2D eigenvalue weighted by Gasteiger charge is -2.62. The lowest BCUT2D eigenvalue weighted by Crippen LogP contribution is -2.59. The summed E-state index contributed by atoms with van der Waals surface area (Å²) in [5.74, 6) is 2.93. The third kappa shape index (κ3) is 4.53. The van der Waals surface area contributed by atoms with Gasteiger partial charge in [-0.05, 0) is 105 Å². The summed E-state index contributed by atoms with van der Waals surface area (Å²) in [6.07, 6.45) is 11.2. The maximum Gasteiger partial charge on any atom is 0.302 e. The standard InChI is InChI=1S/C29H50O4/c1-18(2)8-7-13-29(6,32)26-10-9-22-21-17-25(33-19(3)30)24-16-20(31)11-14-27(24,4)23(21)12-15-28(22,26)5/h18,20-26,31-32H,7-17H2,1-6H3/t20-,21?,22?,23?,24+,25-,26?,27+,28-,29-/m0/s1. The van der Waals surface area contributed by atoms with Crippen LogP contribution in [0.1, 0.15) is 112 Å². The first-order valence-corrected chi connectivity index (χ1v) is 14.0. The van der Waals surface area contributed by atoms with E-state index in [1.165, 1.54) is 32.6 Å². The topological polar surface area (TPSA) is 66.8 Å². The zero-order valence-corrected chi connectivity index (χ0v) is 22.1. The molecule has 0 amide bonds. The molecule has 4 unspecified atom stereocenters. The van der Waals surface area contributed by atoms with Crippen LogP contribution in [-0.4, -0.2) is 34.0 Å². The Kier molecular flexibility index (Phi) is 7.04. The highest BCUT2D eigenvalue weighted by molar-refractivity contribution is 5.66. The van der Waals surface area contributed by atoms with Gasteiger partial charge in [0.1, 0.15) is 6.10 Å². The van der Waals surface area contributed by atoms with Gasteiger partial charge in [-0.2, -0.15) is 0 Å². The second-order valence-corrected chi connectivity index (χ2v) is 13.6. The van der Waals surface area contributed by atoms with Crippen molar-refractivity contribution >= 4 is 5.97 Å². The molecule has 4 aliphatic carbocycles. The van der Waals surface area contributed by atoms with Gasteiger partial charge in [-0.25, -0.2) is 0 Å². The summed E-state index contributed by atoms with van der Waals surface area (Å²) in [5.41, 5.74) is -0.293. The van der Waals surface area contributed by atoms with Gasteiger partial charge >= 0.3 is 5.97 Å². The number of ether oxygens (including phenoxy) is 1. The molecule has 33 heavy (non-hydrogen) atoms. The van der Waals surface area contributed by atoms with Crippen molar-refractivity contribution in [1.29, 1.82) is 0 Å². The van der Waals surface area contributed by atoms with E-state index in [1.54, 1.807) is 0 Å². The van der Waals surface area contributed by atoms with Crippen molar-refractivity contribution in [3.63, 3.8) is 0 Å². The molecular weight excluding hydrogens is 412 g/mol. The molecule has 2 N–H and O–H groups in total. The van der Waals surface area contributed by atoms with Gasteiger partial charge in [0.25, 0.3) is 0 Å². The fourth-order valence-electron chi connectivity index (χ4n) is 9.65. The number of esters is 1. The molecule has 4 nitrogen and oxygen atoms in total. The summed E-state index contributed by atoms with van der Waals surface area (Å²) in [4.78, 5) is 12.0. The second kappa shape index (κ2) is 9.12. The summed E-state index contributed by atoms with van der Waals surface area (Å²) in [6.45, 7) is 13.1. The predicted molar refractivity (Wildman–Crippen MR) is 131 cm³/mol. The zero-order valence-electron chi connectivity index (χ0n) is 22.1. The Bertz CT molecular complexity index is 716. The molecule has 0 heterocycles. The maximum atomic E-state index is 12.0. The van der Waals surface area contributed by atoms with Crippen molar-refractivity contribution < 1.29 is 19.7 Å². The number of carbonyl (C=O) groups is 1. The lowest BCUT2D eigenvalue weighted by molar-refractivity contribution is -0.195. The minimum Gasteiger partial charge on any atom is -0.462 e. The first kappa shape index (κ1) is 25.5. The average Bonchev–Trinajstić information content (AvgIpc) is 3.07. The predicted octanol–water partition coefficient (Wildman–Crippen LogP) is 6.13. The lowest BCUT2D eigenvalue weighted by atomic mass is 9.43. The number of carbonyl (C=O) groups excluding carboxylic acids is 1. The molecule has 4 rings (SSSR count). The van der Waals surface area contributed by atoms with Gasteiger partial charge in [0.05, 0.1) is 11.7 Å². The molecule has 4 heteroatoms. The summed E-state index contributed by atoms with van der Waals surface area (Å²) in [7, 11) is 0. The SMILES string of the molecule is CC(=O)O[C@H]1CC2C3CCC([C@@](C)(O)CCCC(C)C)[C@@]3(C)CCC2[C@@]2(C)CC[C@H](O)C[C@H]12. The molecule has 0 aromatic carbocycles. The number of aliphatic hydroxyl groups excluding tert-OH is 1. The summed E-state index contributed by atoms with van der Waals surface area (Å²) in [5, 5.41) is 22.1. The summed E-state index contributed by atoms with van der Waals surface area (Å²) < 4.78 is 5.97. The number of hydrogen-bond acceptors (Lipinski definition) is 4. The Hall–Kier alpha value is -0.610. The highest BCUT2D eigenvalue weighted by Gasteiger charge is 2.64. The van der Waals surface area contributed by atoms with Crippen LogP contribution in [0.3, 0.4) is 0 Å². The summed E-state index contributed by atoms with van der Waals surface area (Å²) >= 11 is 0. The quantitative estimate of drug-likeness (QED) is 0.466. The summed E-state index contributed by atoms with van der Waals surface area (Å²) in [6, 6.07) is 0. The van der Waals surface area contributed by atoms with Crippen LogP contribution in [0.15, 0.2) is 0 Å². The van der Waals surface area contributed by atoms with E-state index in [1.807, 2.05) is 0 Å². The Morgan fingerprint density at radius 3 is 2.36 bits per heavy atom. The van der Waals surface area contributed by atoms with E-state index < -0.39 is 5.60 Å². The first-order chi connectivity index (χ1) is 15.4. The number of hydrogen-bond donors (Lipinski definition) is 2. The van der Waals surface area contributed by atoms with Crippen LogP contribution in [0.5, 0.6) is 0 Å². The van der Waals surface area contributed by atoms with Crippen LogP contribution in [0.25, 0.3) is 0 Å². The molecule has 0 radical (unpaired) electrons. The maximum absolute atomic E-state index is 12.0. The van der Waals surface area contributed by atoms with Crippen LogP contribution in [0.4, 0.5) is 0 Å². The third-order valence-corrected chi connectivity index (χ3v) is 11.2. The second-order valence-electron chi connectivity index (χ2n) is 13.6. The largest absolute Gasteiger partial charge is 0.462 e. The minimum absolute atomic E-state index is 0.0725. The van der Waals surface area contributed by atoms with E-state index in [-0.39, 0.29) is 34.9 Å². The van der Waals surface area contributed by atoms with Crippen LogP contribution < -0.4 is 0 Å². The van der Waals surface area contributed by atoms with Crippen LogP contribution in [0, 0.1) is 46.3 Å². The van der Waals surface area contributed by atoms with E-state index in [0.717, 1.165) is 44.9 Å². The van der Waals surface area contributed by atoms with Gasteiger partial charge in [-0.3, -0.25) is 4.79 Å². The van der Waals surface area contributed by atoms with E-state index >= 15 is 0 Å². The van der Waals surface area contributed by atoms with E-state index in [4.69, 9.17) is 4.74 Å². The molecule has 0 spiro atoms. The van der Waals surface area contributed by atoms with E-state index in [2.05, 4.69) is 34.6 Å². The first-order valence-electron chi connectivity index (χ1n) is 14.0. The number of fused-ring (bicyclic) bond motifs is 5. The molecule has 0 aromatic heterocycles. The molecule has 0 saturated heterocycles. The molecule has 190 valence electrons. The smallest absolute Gasteiger partial charge is 0.302 e. The van der Waals surface area contributed by atoms with E-state index in [9.17, 15) is 15.0 Å². The van der Waals surface area contributed by atoms with Gasteiger partial charge in [0.15, 0.2) is 0 Å². The Morgan fingerprint density at radius 1 is 1.03 bits per heavy atom. The highest BCUT2D eigenvalue weighted by Crippen LogP contribution is 2.69. The van der Waals surface area contributed by atoms with Crippen molar-refractivity contribution in [3.05, 3.63) is 0 Å². The molecule has 4 fully saturated rings. The molecule has 0 aliphatic heterocycles. The number of rotatable bonds is 6. The normalized spacial score (nSPS) is 46.8. The Balaban J connectivity index is 1.58. The van der Waals surface area contributed by atoms with Crippen LogP contribution in [0.2, 0.25) is 0 Å². The van der Waals surface area contributed by atoms with Gasteiger partial charge in [0.2, 0.25) is 0 Å². The monoisotopic (exact) mass is 462 g/mol. The van der Waals surface area contributed by atoms with Gasteiger partial charge in [0, 0.05) is 12.8 Å². The van der Waals surface area contributed by atoms with Crippen molar-refractivity contribution in [2.24, 2.45) is 46.3 Å². The molecule has 10 atom stereocenters. The average molecular weight is 463 g/mol. The molecule has 4 saturated carbocycles. The van der Waals surface area contributed by atoms with Crippen LogP contribution in [-0.2, 0) is 9.53 Å². The molecule has 0 aromatic rings. The molecule has 0 bridgehead atoms. The van der Waals surface area contributed by atoms with Crippen LogP contribution >= 0.6 is 0 Å². The van der Waals surface area contributed by atoms with Crippen molar-refractivity contribution in [3.8, 4) is 0 Å². The third-order valence-electron chi connectivity index (χ3n) is 11.2. The number of aliphatic hydroxyl groups is 2. The molecule has 4 aliphatic rings. The Morgan fingerprint density at radius 2 is 1.70 bits per heavy atom. The Labute approximate surface area is 202 Å².